The molecule has 1 aromatic heterocycles. The van der Waals surface area contributed by atoms with Crippen LogP contribution in [0.15, 0.2) is 6.58 Å². The number of carboxylic acid groups (broad SMARTS) is 1. The summed E-state index contributed by atoms with van der Waals surface area (Å²) in [5, 5.41) is 12.5. The average molecular weight is 166 g/mol. The summed E-state index contributed by atoms with van der Waals surface area (Å²) in [5.74, 6) is -1.00. The van der Waals surface area contributed by atoms with E-state index in [-0.39, 0.29) is 5.69 Å². The number of nitrogens with zero attached hydrogens (tertiary/aromatic N) is 2. The maximum Gasteiger partial charge on any atom is 0.356 e. The Labute approximate surface area is 70.1 Å². The molecule has 0 amide bonds. The number of aryl methyl sites for hydroxylation is 1. The number of rotatable bonds is 2. The minimum atomic E-state index is -1.00. The number of aromatic carboxylic acids is 1. The standard InChI is InChI=1S/C8H10N2O2/c1-4-6-5(2)7(8(11)12)9-10(6)3/h4H,1H2,2-3H3,(H,11,12). The number of carbonyl (C=O) groups is 1. The SMILES string of the molecule is C=Cc1c(C)c(C(=O)O)nn1C. The lowest BCUT2D eigenvalue weighted by Crippen LogP contribution is -2.00. The molecule has 0 saturated heterocycles. The lowest BCUT2D eigenvalue weighted by Gasteiger charge is -1.92. The Morgan fingerprint density at radius 1 is 1.75 bits per heavy atom. The van der Waals surface area contributed by atoms with Gasteiger partial charge in [0.15, 0.2) is 5.69 Å². The lowest BCUT2D eigenvalue weighted by molar-refractivity contribution is 0.0689. The highest BCUT2D eigenvalue weighted by Gasteiger charge is 2.15. The van der Waals surface area contributed by atoms with Crippen molar-refractivity contribution in [3.63, 3.8) is 0 Å². The van der Waals surface area contributed by atoms with Crippen molar-refractivity contribution in [3.05, 3.63) is 23.5 Å². The van der Waals surface area contributed by atoms with E-state index in [1.807, 2.05) is 0 Å². The Kier molecular flexibility index (Phi) is 1.99. The second-order valence-electron chi connectivity index (χ2n) is 2.49. The van der Waals surface area contributed by atoms with Gasteiger partial charge in [-0.2, -0.15) is 5.10 Å². The normalized spacial score (nSPS) is 9.83. The van der Waals surface area contributed by atoms with E-state index < -0.39 is 5.97 Å². The first kappa shape index (κ1) is 8.52. The third-order valence-electron chi connectivity index (χ3n) is 1.73. The Hall–Kier alpha value is -1.58. The minimum Gasteiger partial charge on any atom is -0.476 e. The molecular formula is C8H10N2O2. The number of hydrogen-bond donors (Lipinski definition) is 1. The molecule has 0 bridgehead atoms. The molecule has 0 spiro atoms. The predicted octanol–water partition coefficient (Wildman–Crippen LogP) is 1.07. The van der Waals surface area contributed by atoms with E-state index in [2.05, 4.69) is 11.7 Å². The molecule has 4 heteroatoms. The highest BCUT2D eigenvalue weighted by Crippen LogP contribution is 2.12. The van der Waals surface area contributed by atoms with Crippen LogP contribution in [0.5, 0.6) is 0 Å². The van der Waals surface area contributed by atoms with Crippen LogP contribution >= 0.6 is 0 Å². The van der Waals surface area contributed by atoms with Crippen molar-refractivity contribution in [2.24, 2.45) is 7.05 Å². The molecule has 0 atom stereocenters. The summed E-state index contributed by atoms with van der Waals surface area (Å²) in [5.41, 5.74) is 1.49. The summed E-state index contributed by atoms with van der Waals surface area (Å²) >= 11 is 0. The molecule has 0 aliphatic rings. The molecule has 0 saturated carbocycles. The van der Waals surface area contributed by atoms with E-state index in [9.17, 15) is 4.79 Å². The molecule has 0 fully saturated rings. The second-order valence-corrected chi connectivity index (χ2v) is 2.49. The van der Waals surface area contributed by atoms with Crippen LogP contribution in [-0.4, -0.2) is 20.9 Å². The van der Waals surface area contributed by atoms with Gasteiger partial charge in [-0.05, 0) is 13.0 Å². The third-order valence-corrected chi connectivity index (χ3v) is 1.73. The number of aromatic nitrogens is 2. The van der Waals surface area contributed by atoms with Crippen molar-refractivity contribution in [1.82, 2.24) is 9.78 Å². The zero-order valence-electron chi connectivity index (χ0n) is 7.03. The van der Waals surface area contributed by atoms with E-state index in [1.165, 1.54) is 4.68 Å². The zero-order chi connectivity index (χ0) is 9.30. The molecule has 1 N–H and O–H groups in total. The van der Waals surface area contributed by atoms with E-state index in [0.717, 1.165) is 5.69 Å². The molecule has 0 aliphatic heterocycles. The largest absolute Gasteiger partial charge is 0.476 e. The molecule has 0 aliphatic carbocycles. The first-order valence-electron chi connectivity index (χ1n) is 3.47. The van der Waals surface area contributed by atoms with Gasteiger partial charge in [-0.15, -0.1) is 0 Å². The molecule has 1 rings (SSSR count). The molecule has 1 heterocycles. The Morgan fingerprint density at radius 3 is 2.58 bits per heavy atom. The van der Waals surface area contributed by atoms with Crippen LogP contribution in [0.1, 0.15) is 21.7 Å². The van der Waals surface area contributed by atoms with E-state index in [1.54, 1.807) is 20.0 Å². The van der Waals surface area contributed by atoms with Crippen LogP contribution in [0.4, 0.5) is 0 Å². The van der Waals surface area contributed by atoms with Gasteiger partial charge < -0.3 is 5.11 Å². The smallest absolute Gasteiger partial charge is 0.356 e. The first-order chi connectivity index (χ1) is 5.57. The first-order valence-corrected chi connectivity index (χ1v) is 3.47. The molecule has 12 heavy (non-hydrogen) atoms. The summed E-state index contributed by atoms with van der Waals surface area (Å²) in [6, 6.07) is 0. The molecular weight excluding hydrogens is 156 g/mol. The van der Waals surface area contributed by atoms with E-state index in [4.69, 9.17) is 5.11 Å². The van der Waals surface area contributed by atoms with Crippen molar-refractivity contribution in [1.29, 1.82) is 0 Å². The minimum absolute atomic E-state index is 0.0902. The summed E-state index contributed by atoms with van der Waals surface area (Å²) < 4.78 is 1.51. The summed E-state index contributed by atoms with van der Waals surface area (Å²) in [4.78, 5) is 10.6. The van der Waals surface area contributed by atoms with Crippen LogP contribution in [0.3, 0.4) is 0 Å². The highest BCUT2D eigenvalue weighted by molar-refractivity contribution is 5.88. The molecule has 0 aromatic carbocycles. The van der Waals surface area contributed by atoms with Crippen molar-refractivity contribution in [3.8, 4) is 0 Å². The van der Waals surface area contributed by atoms with E-state index in [0.29, 0.717) is 5.56 Å². The van der Waals surface area contributed by atoms with Crippen LogP contribution in [0, 0.1) is 6.92 Å². The fourth-order valence-corrected chi connectivity index (χ4v) is 1.13. The van der Waals surface area contributed by atoms with Crippen molar-refractivity contribution < 1.29 is 9.90 Å². The maximum atomic E-state index is 10.6. The Balaban J connectivity index is 3.35. The second kappa shape index (κ2) is 2.81. The van der Waals surface area contributed by atoms with Gasteiger partial charge in [-0.1, -0.05) is 6.58 Å². The topological polar surface area (TPSA) is 55.1 Å². The van der Waals surface area contributed by atoms with Crippen molar-refractivity contribution in [2.45, 2.75) is 6.92 Å². The Morgan fingerprint density at radius 2 is 2.33 bits per heavy atom. The van der Waals surface area contributed by atoms with E-state index >= 15 is 0 Å². The summed E-state index contributed by atoms with van der Waals surface area (Å²) in [6.45, 7) is 5.29. The van der Waals surface area contributed by atoms with Crippen molar-refractivity contribution in [2.75, 3.05) is 0 Å². The number of hydrogen-bond acceptors (Lipinski definition) is 2. The zero-order valence-corrected chi connectivity index (χ0v) is 7.03. The summed E-state index contributed by atoms with van der Waals surface area (Å²) in [7, 11) is 1.69. The van der Waals surface area contributed by atoms with Gasteiger partial charge in [-0.3, -0.25) is 4.68 Å². The summed E-state index contributed by atoms with van der Waals surface area (Å²) in [6.07, 6.45) is 1.59. The fraction of sp³-hybridized carbons (Fsp3) is 0.250. The fourth-order valence-electron chi connectivity index (χ4n) is 1.13. The van der Waals surface area contributed by atoms with Gasteiger partial charge in [0.05, 0.1) is 5.69 Å². The molecule has 0 radical (unpaired) electrons. The predicted molar refractivity (Wildman–Crippen MR) is 45.0 cm³/mol. The van der Waals surface area contributed by atoms with Crippen LogP contribution < -0.4 is 0 Å². The van der Waals surface area contributed by atoms with Crippen LogP contribution in [0.2, 0.25) is 0 Å². The quantitative estimate of drug-likeness (QED) is 0.715. The van der Waals surface area contributed by atoms with Crippen LogP contribution in [0.25, 0.3) is 6.08 Å². The van der Waals surface area contributed by atoms with Gasteiger partial charge in [0.1, 0.15) is 0 Å². The monoisotopic (exact) mass is 166 g/mol. The average Bonchev–Trinajstić information content (AvgIpc) is 2.27. The Bertz CT molecular complexity index is 339. The lowest BCUT2D eigenvalue weighted by atomic mass is 10.2. The van der Waals surface area contributed by atoms with Gasteiger partial charge >= 0.3 is 5.97 Å². The number of carboxylic acids is 1. The highest BCUT2D eigenvalue weighted by atomic mass is 16.4. The molecule has 4 nitrogen and oxygen atoms in total. The molecule has 1 aromatic rings. The van der Waals surface area contributed by atoms with Crippen molar-refractivity contribution >= 4 is 12.0 Å². The molecule has 64 valence electrons. The van der Waals surface area contributed by atoms with Gasteiger partial charge in [0.2, 0.25) is 0 Å². The van der Waals surface area contributed by atoms with Gasteiger partial charge in [0.25, 0.3) is 0 Å². The van der Waals surface area contributed by atoms with Crippen LogP contribution in [-0.2, 0) is 7.05 Å². The van der Waals surface area contributed by atoms with Gasteiger partial charge in [-0.25, -0.2) is 4.79 Å². The molecule has 0 unspecified atom stereocenters. The third kappa shape index (κ3) is 1.11. The maximum absolute atomic E-state index is 10.6. The van der Waals surface area contributed by atoms with Gasteiger partial charge in [0, 0.05) is 12.6 Å².